The summed E-state index contributed by atoms with van der Waals surface area (Å²) in [6.45, 7) is 3.70. The first kappa shape index (κ1) is 15.2. The van der Waals surface area contributed by atoms with Gasteiger partial charge < -0.3 is 5.32 Å². The maximum Gasteiger partial charge on any atom is 0.255 e. The van der Waals surface area contributed by atoms with Crippen LogP contribution in [-0.4, -0.2) is 24.5 Å². The van der Waals surface area contributed by atoms with Crippen LogP contribution < -0.4 is 10.5 Å². The Labute approximate surface area is 122 Å². The van der Waals surface area contributed by atoms with Crippen molar-refractivity contribution in [3.63, 3.8) is 0 Å². The van der Waals surface area contributed by atoms with E-state index in [4.69, 9.17) is 5.14 Å². The number of H-pyrrole nitrogens is 1. The van der Waals surface area contributed by atoms with Crippen LogP contribution in [0.15, 0.2) is 29.2 Å². The van der Waals surface area contributed by atoms with Crippen LogP contribution >= 0.6 is 0 Å². The zero-order valence-corrected chi connectivity index (χ0v) is 12.5. The van der Waals surface area contributed by atoms with Gasteiger partial charge in [-0.05, 0) is 31.5 Å². The number of nitrogens with two attached hydrogens (primary N) is 1. The highest BCUT2D eigenvalue weighted by Crippen LogP contribution is 2.11. The average Bonchev–Trinajstić information content (AvgIpc) is 2.75. The summed E-state index contributed by atoms with van der Waals surface area (Å²) in [6.07, 6.45) is 0. The minimum atomic E-state index is -3.75. The molecule has 0 spiro atoms. The van der Waals surface area contributed by atoms with Crippen LogP contribution in [0.2, 0.25) is 0 Å². The lowest BCUT2D eigenvalue weighted by atomic mass is 10.1. The van der Waals surface area contributed by atoms with Gasteiger partial charge in [0.15, 0.2) is 0 Å². The lowest BCUT2D eigenvalue weighted by molar-refractivity contribution is 0.0949. The number of rotatable bonds is 4. The van der Waals surface area contributed by atoms with Crippen molar-refractivity contribution in [2.75, 3.05) is 0 Å². The fourth-order valence-corrected chi connectivity index (χ4v) is 2.57. The predicted octanol–water partition coefficient (Wildman–Crippen LogP) is 0.604. The molecule has 0 radical (unpaired) electrons. The number of carbonyl (C=O) groups is 1. The summed E-state index contributed by atoms with van der Waals surface area (Å²) in [5.74, 6) is -0.264. The Kier molecular flexibility index (Phi) is 4.10. The van der Waals surface area contributed by atoms with Crippen molar-refractivity contribution in [2.45, 2.75) is 25.3 Å². The second kappa shape index (κ2) is 5.66. The number of hydrogen-bond donors (Lipinski definition) is 3. The van der Waals surface area contributed by atoms with Crippen molar-refractivity contribution in [3.8, 4) is 0 Å². The van der Waals surface area contributed by atoms with Gasteiger partial charge in [0, 0.05) is 12.2 Å². The van der Waals surface area contributed by atoms with Crippen LogP contribution in [0.1, 0.15) is 27.3 Å². The third-order valence-corrected chi connectivity index (χ3v) is 3.95. The molecule has 2 rings (SSSR count). The third-order valence-electron chi connectivity index (χ3n) is 3.04. The molecule has 1 aromatic carbocycles. The zero-order valence-electron chi connectivity index (χ0n) is 11.7. The molecule has 0 bridgehead atoms. The number of nitrogens with zero attached hydrogens (tertiary/aromatic N) is 1. The van der Waals surface area contributed by atoms with Crippen LogP contribution in [0.5, 0.6) is 0 Å². The largest absolute Gasteiger partial charge is 0.348 e. The Morgan fingerprint density at radius 1 is 1.38 bits per heavy atom. The molecule has 2 aromatic rings. The van der Waals surface area contributed by atoms with Gasteiger partial charge in [0.1, 0.15) is 0 Å². The zero-order chi connectivity index (χ0) is 15.6. The molecule has 0 aliphatic carbocycles. The number of sulfonamides is 1. The molecule has 0 atom stereocenters. The summed E-state index contributed by atoms with van der Waals surface area (Å²) in [7, 11) is -3.75. The van der Waals surface area contributed by atoms with Crippen molar-refractivity contribution >= 4 is 15.9 Å². The minimum absolute atomic E-state index is 0.0184. The van der Waals surface area contributed by atoms with Gasteiger partial charge in [-0.1, -0.05) is 12.1 Å². The molecule has 1 amide bonds. The number of nitrogens with one attached hydrogen (secondary N) is 2. The van der Waals surface area contributed by atoms with E-state index in [1.54, 1.807) is 26.0 Å². The summed E-state index contributed by atoms with van der Waals surface area (Å²) < 4.78 is 22.6. The number of amides is 1. The van der Waals surface area contributed by atoms with Gasteiger partial charge >= 0.3 is 0 Å². The first-order valence-electron chi connectivity index (χ1n) is 6.20. The average molecular weight is 308 g/mol. The van der Waals surface area contributed by atoms with E-state index < -0.39 is 10.0 Å². The van der Waals surface area contributed by atoms with E-state index in [-0.39, 0.29) is 17.3 Å². The van der Waals surface area contributed by atoms with Crippen LogP contribution in [0.4, 0.5) is 0 Å². The minimum Gasteiger partial charge on any atom is -0.348 e. The first-order valence-corrected chi connectivity index (χ1v) is 7.75. The number of aryl methyl sites for hydroxylation is 2. The molecule has 21 heavy (non-hydrogen) atoms. The van der Waals surface area contributed by atoms with E-state index in [1.807, 2.05) is 0 Å². The van der Waals surface area contributed by atoms with Crippen molar-refractivity contribution < 1.29 is 13.2 Å². The normalized spacial score (nSPS) is 11.4. The fourth-order valence-electron chi connectivity index (χ4n) is 1.99. The number of benzene rings is 1. The smallest absolute Gasteiger partial charge is 0.255 e. The SMILES string of the molecule is Cc1n[nH]c(C)c1C(=O)NCc1cccc(S(N)(=O)=O)c1. The molecule has 0 aliphatic rings. The summed E-state index contributed by atoms with van der Waals surface area (Å²) in [5.41, 5.74) is 2.44. The number of aromatic amines is 1. The number of aromatic nitrogens is 2. The summed E-state index contributed by atoms with van der Waals surface area (Å²) in [4.78, 5) is 12.1. The highest BCUT2D eigenvalue weighted by molar-refractivity contribution is 7.89. The lowest BCUT2D eigenvalue weighted by Gasteiger charge is -2.07. The second-order valence-electron chi connectivity index (χ2n) is 4.68. The summed E-state index contributed by atoms with van der Waals surface area (Å²) in [5, 5.41) is 14.5. The van der Waals surface area contributed by atoms with E-state index in [0.717, 1.165) is 0 Å². The molecule has 112 valence electrons. The summed E-state index contributed by atoms with van der Waals surface area (Å²) in [6, 6.07) is 6.13. The van der Waals surface area contributed by atoms with Gasteiger partial charge in [-0.2, -0.15) is 5.10 Å². The molecule has 0 saturated heterocycles. The van der Waals surface area contributed by atoms with Gasteiger partial charge in [-0.3, -0.25) is 9.89 Å². The Morgan fingerprint density at radius 3 is 2.67 bits per heavy atom. The molecule has 4 N–H and O–H groups in total. The molecular weight excluding hydrogens is 292 g/mol. The molecule has 1 heterocycles. The Morgan fingerprint density at radius 2 is 2.10 bits per heavy atom. The van der Waals surface area contributed by atoms with Gasteiger partial charge in [-0.25, -0.2) is 13.6 Å². The lowest BCUT2D eigenvalue weighted by Crippen LogP contribution is -2.24. The van der Waals surface area contributed by atoms with E-state index in [0.29, 0.717) is 22.5 Å². The van der Waals surface area contributed by atoms with Crippen molar-refractivity contribution in [1.29, 1.82) is 0 Å². The molecule has 0 aliphatic heterocycles. The standard InChI is InChI=1S/C13H16N4O3S/c1-8-12(9(2)17-16-8)13(18)15-7-10-4-3-5-11(6-10)21(14,19)20/h3-6H,7H2,1-2H3,(H,15,18)(H,16,17)(H2,14,19,20). The fraction of sp³-hybridized carbons (Fsp3) is 0.231. The van der Waals surface area contributed by atoms with Gasteiger partial charge in [-0.15, -0.1) is 0 Å². The van der Waals surface area contributed by atoms with Crippen LogP contribution in [0, 0.1) is 13.8 Å². The van der Waals surface area contributed by atoms with Crippen molar-refractivity contribution in [3.05, 3.63) is 46.8 Å². The molecule has 0 unspecified atom stereocenters. The molecule has 1 aromatic heterocycles. The van der Waals surface area contributed by atoms with Gasteiger partial charge in [0.25, 0.3) is 5.91 Å². The number of hydrogen-bond acceptors (Lipinski definition) is 4. The molecule has 0 fully saturated rings. The highest BCUT2D eigenvalue weighted by Gasteiger charge is 2.15. The quantitative estimate of drug-likeness (QED) is 0.766. The second-order valence-corrected chi connectivity index (χ2v) is 6.25. The monoisotopic (exact) mass is 308 g/mol. The van der Waals surface area contributed by atoms with E-state index in [9.17, 15) is 13.2 Å². The van der Waals surface area contributed by atoms with Crippen LogP contribution in [0.3, 0.4) is 0 Å². The van der Waals surface area contributed by atoms with E-state index in [2.05, 4.69) is 15.5 Å². The molecule has 0 saturated carbocycles. The van der Waals surface area contributed by atoms with E-state index in [1.165, 1.54) is 12.1 Å². The predicted molar refractivity (Wildman–Crippen MR) is 77.0 cm³/mol. The van der Waals surface area contributed by atoms with E-state index >= 15 is 0 Å². The van der Waals surface area contributed by atoms with Gasteiger partial charge in [0.05, 0.1) is 16.2 Å². The third kappa shape index (κ3) is 3.47. The highest BCUT2D eigenvalue weighted by atomic mass is 32.2. The summed E-state index contributed by atoms with van der Waals surface area (Å²) >= 11 is 0. The van der Waals surface area contributed by atoms with Crippen molar-refractivity contribution in [2.24, 2.45) is 5.14 Å². The number of primary sulfonamides is 1. The molecule has 7 nitrogen and oxygen atoms in total. The van der Waals surface area contributed by atoms with Crippen molar-refractivity contribution in [1.82, 2.24) is 15.5 Å². The first-order chi connectivity index (χ1) is 9.79. The maximum atomic E-state index is 12.1. The molecule has 8 heteroatoms. The van der Waals surface area contributed by atoms with Gasteiger partial charge in [0.2, 0.25) is 10.0 Å². The Bertz CT molecular complexity index is 761. The Hall–Kier alpha value is -2.19. The Balaban J connectivity index is 2.12. The molecular formula is C13H16N4O3S. The maximum absolute atomic E-state index is 12.1. The van der Waals surface area contributed by atoms with Crippen LogP contribution in [-0.2, 0) is 16.6 Å². The van der Waals surface area contributed by atoms with Crippen LogP contribution in [0.25, 0.3) is 0 Å². The topological polar surface area (TPSA) is 118 Å². The number of carbonyl (C=O) groups excluding carboxylic acids is 1.